The molecule has 1 aliphatic rings. The van der Waals surface area contributed by atoms with Crippen molar-refractivity contribution in [2.24, 2.45) is 5.92 Å². The van der Waals surface area contributed by atoms with E-state index in [2.05, 4.69) is 20.2 Å². The molecule has 6 heteroatoms. The van der Waals surface area contributed by atoms with Gasteiger partial charge in [0.05, 0.1) is 12.1 Å². The Morgan fingerprint density at radius 3 is 2.50 bits per heavy atom. The van der Waals surface area contributed by atoms with Crippen molar-refractivity contribution in [3.05, 3.63) is 12.5 Å². The maximum atomic E-state index is 9.94. The van der Waals surface area contributed by atoms with Crippen molar-refractivity contribution in [2.45, 2.75) is 0 Å². The molecule has 0 amide bonds. The largest absolute Gasteiger partial charge is 0.481 e. The van der Waals surface area contributed by atoms with Crippen LogP contribution in [-0.2, 0) is 4.79 Å². The quantitative estimate of drug-likeness (QED) is 0.584. The third-order valence-corrected chi connectivity index (χ3v) is 1.41. The highest BCUT2D eigenvalue weighted by molar-refractivity contribution is 5.71. The number of aromatic nitrogens is 2. The van der Waals surface area contributed by atoms with Gasteiger partial charge >= 0.3 is 5.97 Å². The summed E-state index contributed by atoms with van der Waals surface area (Å²) in [6.45, 7) is 1.30. The molecule has 2 rings (SSSR count). The SMILES string of the molecule is O=C(O)C1CNC1.c1conn1. The van der Waals surface area contributed by atoms with Crippen LogP contribution in [0, 0.1) is 5.92 Å². The van der Waals surface area contributed by atoms with Crippen LogP contribution in [0.5, 0.6) is 0 Å². The molecule has 1 fully saturated rings. The molecule has 1 aromatic heterocycles. The maximum absolute atomic E-state index is 9.94. The molecule has 1 aliphatic heterocycles. The van der Waals surface area contributed by atoms with Crippen molar-refractivity contribution in [1.82, 2.24) is 15.7 Å². The first-order valence-electron chi connectivity index (χ1n) is 3.45. The second-order valence-corrected chi connectivity index (χ2v) is 2.28. The second kappa shape index (κ2) is 4.45. The summed E-state index contributed by atoms with van der Waals surface area (Å²) in [4.78, 5) is 9.94. The van der Waals surface area contributed by atoms with Crippen molar-refractivity contribution in [2.75, 3.05) is 13.1 Å². The molecule has 2 heterocycles. The summed E-state index contributed by atoms with van der Waals surface area (Å²) in [6.07, 6.45) is 2.88. The van der Waals surface area contributed by atoms with Gasteiger partial charge in [-0.2, -0.15) is 0 Å². The summed E-state index contributed by atoms with van der Waals surface area (Å²) in [5, 5.41) is 17.5. The molecular weight excluding hydrogens is 162 g/mol. The standard InChI is InChI=1S/C4H7NO2.C2H2N2O/c6-4(7)3-1-5-2-3;1-2-5-4-3-1/h3,5H,1-2H2,(H,6,7);1-2H. The van der Waals surface area contributed by atoms with E-state index >= 15 is 0 Å². The first-order valence-corrected chi connectivity index (χ1v) is 3.45. The zero-order chi connectivity index (χ0) is 8.81. The summed E-state index contributed by atoms with van der Waals surface area (Å²) < 4.78 is 4.22. The van der Waals surface area contributed by atoms with Crippen LogP contribution in [0.1, 0.15) is 0 Å². The third-order valence-electron chi connectivity index (χ3n) is 1.41. The van der Waals surface area contributed by atoms with Crippen LogP contribution in [-0.4, -0.2) is 34.5 Å². The fourth-order valence-electron chi connectivity index (χ4n) is 0.599. The van der Waals surface area contributed by atoms with Gasteiger partial charge in [-0.25, -0.2) is 0 Å². The molecule has 12 heavy (non-hydrogen) atoms. The first-order chi connectivity index (χ1) is 5.80. The Hall–Kier alpha value is -1.43. The minimum atomic E-state index is -0.682. The van der Waals surface area contributed by atoms with E-state index in [4.69, 9.17) is 5.11 Å². The van der Waals surface area contributed by atoms with Gasteiger partial charge in [0.2, 0.25) is 0 Å². The van der Waals surface area contributed by atoms with E-state index in [1.54, 1.807) is 0 Å². The van der Waals surface area contributed by atoms with Gasteiger partial charge in [-0.05, 0) is 0 Å². The molecule has 0 saturated carbocycles. The van der Waals surface area contributed by atoms with Crippen molar-refractivity contribution in [3.63, 3.8) is 0 Å². The molecule has 0 aliphatic carbocycles. The first kappa shape index (κ1) is 8.66. The summed E-state index contributed by atoms with van der Waals surface area (Å²) in [6, 6.07) is 0. The van der Waals surface area contributed by atoms with E-state index < -0.39 is 5.97 Å². The lowest BCUT2D eigenvalue weighted by Crippen LogP contribution is -2.46. The lowest BCUT2D eigenvalue weighted by Gasteiger charge is -2.21. The average Bonchev–Trinajstić information content (AvgIpc) is 2.34. The lowest BCUT2D eigenvalue weighted by atomic mass is 10.1. The number of hydrogen-bond acceptors (Lipinski definition) is 5. The molecule has 0 bridgehead atoms. The topological polar surface area (TPSA) is 88.2 Å². The number of nitrogens with one attached hydrogen (secondary N) is 1. The van der Waals surface area contributed by atoms with Crippen LogP contribution in [0.3, 0.4) is 0 Å². The highest BCUT2D eigenvalue weighted by Crippen LogP contribution is 2.00. The zero-order valence-corrected chi connectivity index (χ0v) is 6.30. The smallest absolute Gasteiger partial charge is 0.309 e. The predicted molar refractivity (Wildman–Crippen MR) is 38.3 cm³/mol. The van der Waals surface area contributed by atoms with Gasteiger partial charge in [-0.3, -0.25) is 4.79 Å². The van der Waals surface area contributed by atoms with Crippen LogP contribution in [0.25, 0.3) is 0 Å². The van der Waals surface area contributed by atoms with Gasteiger partial charge < -0.3 is 14.9 Å². The molecular formula is C6H9N3O3. The summed E-state index contributed by atoms with van der Waals surface area (Å²) in [5.41, 5.74) is 0. The van der Waals surface area contributed by atoms with Crippen LogP contribution >= 0.6 is 0 Å². The molecule has 0 unspecified atom stereocenters. The molecule has 2 N–H and O–H groups in total. The van der Waals surface area contributed by atoms with Gasteiger partial charge in [-0.1, -0.05) is 0 Å². The number of carbonyl (C=O) groups is 1. The molecule has 66 valence electrons. The predicted octanol–water partition coefficient (Wildman–Crippen LogP) is -0.640. The monoisotopic (exact) mass is 171 g/mol. The average molecular weight is 171 g/mol. The summed E-state index contributed by atoms with van der Waals surface area (Å²) in [5.74, 6) is -0.793. The molecule has 0 spiro atoms. The Labute approximate surface area is 68.6 Å². The van der Waals surface area contributed by atoms with Crippen LogP contribution in [0.2, 0.25) is 0 Å². The number of carboxylic acids is 1. The summed E-state index contributed by atoms with van der Waals surface area (Å²) in [7, 11) is 0. The normalized spacial score (nSPS) is 15.7. The second-order valence-electron chi connectivity index (χ2n) is 2.28. The number of nitrogens with zero attached hydrogens (tertiary/aromatic N) is 2. The van der Waals surface area contributed by atoms with Gasteiger partial charge in [0.15, 0.2) is 0 Å². The Bertz CT molecular complexity index is 203. The molecule has 6 nitrogen and oxygen atoms in total. The zero-order valence-electron chi connectivity index (χ0n) is 6.30. The van der Waals surface area contributed by atoms with Crippen molar-refractivity contribution in [1.29, 1.82) is 0 Å². The van der Waals surface area contributed by atoms with E-state index in [0.29, 0.717) is 13.1 Å². The highest BCUT2D eigenvalue weighted by atomic mass is 16.5. The lowest BCUT2D eigenvalue weighted by molar-refractivity contribution is -0.143. The van der Waals surface area contributed by atoms with Crippen molar-refractivity contribution < 1.29 is 14.4 Å². The summed E-state index contributed by atoms with van der Waals surface area (Å²) >= 11 is 0. The van der Waals surface area contributed by atoms with Crippen LogP contribution in [0.15, 0.2) is 17.0 Å². The Morgan fingerprint density at radius 2 is 2.42 bits per heavy atom. The van der Waals surface area contributed by atoms with Crippen molar-refractivity contribution >= 4 is 5.97 Å². The van der Waals surface area contributed by atoms with E-state index in [0.717, 1.165) is 0 Å². The molecule has 0 atom stereocenters. The molecule has 1 aromatic rings. The minimum Gasteiger partial charge on any atom is -0.481 e. The van der Waals surface area contributed by atoms with Crippen molar-refractivity contribution in [3.8, 4) is 0 Å². The number of aliphatic carboxylic acids is 1. The fourth-order valence-corrected chi connectivity index (χ4v) is 0.599. The van der Waals surface area contributed by atoms with Crippen LogP contribution in [0.4, 0.5) is 0 Å². The van der Waals surface area contributed by atoms with E-state index in [1.165, 1.54) is 12.5 Å². The Kier molecular flexibility index (Phi) is 3.21. The maximum Gasteiger partial charge on any atom is 0.309 e. The number of carboxylic acid groups (broad SMARTS) is 1. The van der Waals surface area contributed by atoms with Gasteiger partial charge in [0.1, 0.15) is 6.26 Å². The Balaban J connectivity index is 0.000000127. The number of hydrogen-bond donors (Lipinski definition) is 2. The minimum absolute atomic E-state index is 0.111. The number of rotatable bonds is 1. The van der Waals surface area contributed by atoms with E-state index in [-0.39, 0.29) is 5.92 Å². The van der Waals surface area contributed by atoms with Crippen LogP contribution < -0.4 is 5.32 Å². The molecule has 0 aromatic carbocycles. The fraction of sp³-hybridized carbons (Fsp3) is 0.500. The molecule has 1 saturated heterocycles. The molecule has 0 radical (unpaired) electrons. The van der Waals surface area contributed by atoms with E-state index in [9.17, 15) is 4.79 Å². The highest BCUT2D eigenvalue weighted by Gasteiger charge is 2.23. The van der Waals surface area contributed by atoms with E-state index in [1.807, 2.05) is 0 Å². The van der Waals surface area contributed by atoms with Gasteiger partial charge in [0.25, 0.3) is 0 Å². The van der Waals surface area contributed by atoms with Gasteiger partial charge in [0, 0.05) is 18.4 Å². The third kappa shape index (κ3) is 2.67. The van der Waals surface area contributed by atoms with Gasteiger partial charge in [-0.15, -0.1) is 5.10 Å². The Morgan fingerprint density at radius 1 is 1.67 bits per heavy atom.